The molecule has 11 atom stereocenters. The monoisotopic (exact) mass is 831 g/mol. The van der Waals surface area contributed by atoms with Crippen molar-refractivity contribution in [3.05, 3.63) is 94.6 Å². The van der Waals surface area contributed by atoms with Crippen LogP contribution in [0, 0.1) is 16.7 Å². The quantitative estimate of drug-likeness (QED) is 0.153. The van der Waals surface area contributed by atoms with E-state index < -0.39 is 113 Å². The van der Waals surface area contributed by atoms with Crippen LogP contribution in [0.1, 0.15) is 88.9 Å². The van der Waals surface area contributed by atoms with Gasteiger partial charge in [-0.3, -0.25) is 19.2 Å². The predicted molar refractivity (Wildman–Crippen MR) is 212 cm³/mol. The molecule has 3 aliphatic carbocycles. The average molecular weight is 832 g/mol. The fraction of sp³-hybridized carbons (Fsp3) is 0.511. The van der Waals surface area contributed by atoms with Crippen molar-refractivity contribution < 1.29 is 67.8 Å². The Hall–Kier alpha value is -5.22. The summed E-state index contributed by atoms with van der Waals surface area (Å²) in [7, 11) is 0. The summed E-state index contributed by atoms with van der Waals surface area (Å²) in [4.78, 5) is 82.8. The molecular formula is C45H53NO14. The van der Waals surface area contributed by atoms with Gasteiger partial charge in [-0.1, -0.05) is 61.9 Å². The lowest BCUT2D eigenvalue weighted by atomic mass is 9.44. The minimum Gasteiger partial charge on any atom is -0.456 e. The molecule has 1 heterocycles. The second-order valence-corrected chi connectivity index (χ2v) is 17.2. The lowest BCUT2D eigenvalue weighted by molar-refractivity contribution is -0.346. The molecule has 0 aromatic heterocycles. The van der Waals surface area contributed by atoms with Crippen molar-refractivity contribution >= 4 is 35.6 Å². The van der Waals surface area contributed by atoms with Gasteiger partial charge in [0, 0.05) is 37.7 Å². The molecule has 1 unspecified atom stereocenters. The van der Waals surface area contributed by atoms with Gasteiger partial charge in [0.25, 0.3) is 5.91 Å². The molecule has 2 aromatic carbocycles. The number of amides is 1. The van der Waals surface area contributed by atoms with Gasteiger partial charge in [-0.2, -0.15) is 0 Å². The maximum absolute atomic E-state index is 15.4. The van der Waals surface area contributed by atoms with Crippen molar-refractivity contribution in [1.82, 2.24) is 5.32 Å². The first kappa shape index (κ1) is 44.3. The molecule has 322 valence electrons. The number of hydrogen-bond acceptors (Lipinski definition) is 14. The van der Waals surface area contributed by atoms with Gasteiger partial charge in [0.1, 0.15) is 23.9 Å². The van der Waals surface area contributed by atoms with Crippen LogP contribution < -0.4 is 5.32 Å². The molecule has 1 aliphatic heterocycles. The summed E-state index contributed by atoms with van der Waals surface area (Å²) in [6.45, 7) is 11.4. The molecule has 0 spiro atoms. The second-order valence-electron chi connectivity index (χ2n) is 17.2. The Kier molecular flexibility index (Phi) is 12.1. The summed E-state index contributed by atoms with van der Waals surface area (Å²) >= 11 is 0. The highest BCUT2D eigenvalue weighted by atomic mass is 16.6. The zero-order valence-corrected chi connectivity index (χ0v) is 34.9. The number of rotatable bonds is 10. The highest BCUT2D eigenvalue weighted by Crippen LogP contribution is 2.64. The zero-order valence-electron chi connectivity index (χ0n) is 34.9. The third-order valence-corrected chi connectivity index (χ3v) is 12.9. The third kappa shape index (κ3) is 7.45. The molecule has 2 bridgehead atoms. The van der Waals surface area contributed by atoms with Crippen molar-refractivity contribution in [2.75, 3.05) is 6.61 Å². The van der Waals surface area contributed by atoms with Gasteiger partial charge in [-0.05, 0) is 63.1 Å². The molecule has 3 fully saturated rings. The summed E-state index contributed by atoms with van der Waals surface area (Å²) in [6, 6.07) is 14.7. The van der Waals surface area contributed by atoms with Crippen LogP contribution in [0.5, 0.6) is 0 Å². The van der Waals surface area contributed by atoms with Gasteiger partial charge in [0.15, 0.2) is 23.6 Å². The molecule has 4 N–H and O–H groups in total. The number of carbonyl (C=O) groups is 6. The maximum atomic E-state index is 15.4. The summed E-state index contributed by atoms with van der Waals surface area (Å²) in [5, 5.41) is 39.8. The Morgan fingerprint density at radius 1 is 0.883 bits per heavy atom. The first-order valence-electron chi connectivity index (χ1n) is 19.9. The van der Waals surface area contributed by atoms with Crippen molar-refractivity contribution in [3.63, 3.8) is 0 Å². The SMILES string of the molecule is CC(=O)O[C@H]1C(=O)[C@@]2(C)C([C@H](OC(=O)c3ccccc3)[C@]3(O)C[C@H](OC(=O)[C@H](O)[C@H](C=C(C)C)NC(=O)c4ccccc4)C(C)=C1C3(C)C)[C@]1(OC(C)=O)CO[C@@H]1C[C@@H]2O. The number of aliphatic hydroxyl groups is 3. The van der Waals surface area contributed by atoms with Crippen LogP contribution in [0.2, 0.25) is 0 Å². The van der Waals surface area contributed by atoms with Gasteiger partial charge in [0.2, 0.25) is 0 Å². The van der Waals surface area contributed by atoms with E-state index in [4.69, 9.17) is 23.7 Å². The van der Waals surface area contributed by atoms with Crippen LogP contribution in [-0.4, -0.2) is 111 Å². The van der Waals surface area contributed by atoms with Gasteiger partial charge < -0.3 is 44.3 Å². The van der Waals surface area contributed by atoms with Crippen LogP contribution in [0.3, 0.4) is 0 Å². The lowest BCUT2D eigenvalue weighted by Crippen LogP contribution is -2.82. The smallest absolute Gasteiger partial charge is 0.338 e. The van der Waals surface area contributed by atoms with Crippen molar-refractivity contribution in [2.24, 2.45) is 16.7 Å². The zero-order chi connectivity index (χ0) is 44.1. The van der Waals surface area contributed by atoms with E-state index in [-0.39, 0.29) is 35.3 Å². The van der Waals surface area contributed by atoms with Gasteiger partial charge in [-0.25, -0.2) is 9.59 Å². The second kappa shape index (κ2) is 16.3. The van der Waals surface area contributed by atoms with E-state index in [1.54, 1.807) is 76.2 Å². The van der Waals surface area contributed by atoms with E-state index in [2.05, 4.69) is 5.32 Å². The Morgan fingerprint density at radius 3 is 2.02 bits per heavy atom. The number of ether oxygens (including phenoxy) is 5. The van der Waals surface area contributed by atoms with E-state index in [1.807, 2.05) is 0 Å². The van der Waals surface area contributed by atoms with Crippen molar-refractivity contribution in [3.8, 4) is 0 Å². The summed E-state index contributed by atoms with van der Waals surface area (Å²) in [5.74, 6) is -6.79. The normalized spacial score (nSPS) is 32.5. The lowest BCUT2D eigenvalue weighted by Gasteiger charge is -2.67. The molecule has 60 heavy (non-hydrogen) atoms. The molecular weight excluding hydrogens is 778 g/mol. The van der Waals surface area contributed by atoms with Crippen LogP contribution >= 0.6 is 0 Å². The van der Waals surface area contributed by atoms with Crippen LogP contribution in [0.15, 0.2) is 83.5 Å². The molecule has 6 rings (SSSR count). The predicted octanol–water partition coefficient (Wildman–Crippen LogP) is 3.33. The van der Waals surface area contributed by atoms with Gasteiger partial charge in [0.05, 0.1) is 35.6 Å². The summed E-state index contributed by atoms with van der Waals surface area (Å²) in [6.07, 6.45) is -8.92. The largest absolute Gasteiger partial charge is 0.456 e. The minimum atomic E-state index is -2.38. The number of carbonyl (C=O) groups excluding carboxylic acids is 6. The number of benzene rings is 2. The van der Waals surface area contributed by atoms with Crippen LogP contribution in [-0.2, 0) is 42.9 Å². The molecule has 1 saturated heterocycles. The molecule has 2 aromatic rings. The highest BCUT2D eigenvalue weighted by Gasteiger charge is 2.78. The van der Waals surface area contributed by atoms with Gasteiger partial charge >= 0.3 is 23.9 Å². The number of nitrogens with one attached hydrogen (secondary N) is 1. The Morgan fingerprint density at radius 2 is 1.48 bits per heavy atom. The Labute approximate surface area is 348 Å². The number of fused-ring (bicyclic) bond motifs is 5. The van der Waals surface area contributed by atoms with Crippen molar-refractivity contribution in [2.45, 2.75) is 122 Å². The average Bonchev–Trinajstić information content (AvgIpc) is 3.18. The van der Waals surface area contributed by atoms with E-state index in [0.29, 0.717) is 5.57 Å². The number of Topliss-reactive ketones (excluding diaryl/α,β-unsaturated/α-hetero) is 1. The van der Waals surface area contributed by atoms with Crippen molar-refractivity contribution in [1.29, 1.82) is 0 Å². The molecule has 1 amide bonds. The molecule has 15 heteroatoms. The highest BCUT2D eigenvalue weighted by molar-refractivity contribution is 5.96. The fourth-order valence-corrected chi connectivity index (χ4v) is 9.77. The fourth-order valence-electron chi connectivity index (χ4n) is 9.77. The minimum absolute atomic E-state index is 0.00289. The third-order valence-electron chi connectivity index (χ3n) is 12.9. The molecule has 15 nitrogen and oxygen atoms in total. The van der Waals surface area contributed by atoms with Crippen LogP contribution in [0.4, 0.5) is 0 Å². The standard InChI is InChI=1S/C45H53NO14/c1-23(2)19-29(46-39(52)27-15-11-9-12-16-27)34(50)41(54)58-30-21-45(55)38(59-40(53)28-17-13-10-14-18-28)36-43(8,31(49)20-32-44(36,22-56-32)60-26(5)48)37(51)35(57-25(4)47)33(24(30)3)42(45,6)7/h9-19,29-32,34-36,38,49-50,55H,20-22H2,1-8H3,(H,46,52)/t29-,30-,31-,32+,34+,35+,36?,38-,43+,44-,45+/m0/s1. The molecule has 0 radical (unpaired) electrons. The van der Waals surface area contributed by atoms with Gasteiger partial charge in [-0.15, -0.1) is 0 Å². The first-order chi connectivity index (χ1) is 28.1. The Balaban J connectivity index is 1.53. The topological polar surface area (TPSA) is 221 Å². The molecule has 4 aliphatic rings. The summed E-state index contributed by atoms with van der Waals surface area (Å²) < 4.78 is 30.1. The maximum Gasteiger partial charge on any atom is 0.338 e. The molecule has 2 saturated carbocycles. The number of ketones is 1. The van der Waals surface area contributed by atoms with E-state index in [0.717, 1.165) is 13.8 Å². The van der Waals surface area contributed by atoms with E-state index in [9.17, 15) is 39.3 Å². The van der Waals surface area contributed by atoms with E-state index >= 15 is 4.79 Å². The van der Waals surface area contributed by atoms with E-state index in [1.165, 1.54) is 32.1 Å². The summed E-state index contributed by atoms with van der Waals surface area (Å²) in [5.41, 5.74) is -6.66. The number of esters is 4. The number of hydrogen-bond donors (Lipinski definition) is 4. The first-order valence-corrected chi connectivity index (χ1v) is 19.9. The number of allylic oxidation sites excluding steroid dienone is 1. The number of aliphatic hydroxyl groups excluding tert-OH is 2. The Bertz CT molecular complexity index is 2110. The van der Waals surface area contributed by atoms with Crippen LogP contribution in [0.25, 0.3) is 0 Å².